The molecule has 0 spiro atoms. The van der Waals surface area contributed by atoms with E-state index < -0.39 is 0 Å². The number of aryl methyl sites for hydroxylation is 2. The summed E-state index contributed by atoms with van der Waals surface area (Å²) in [6, 6.07) is 4.33. The molecule has 0 bridgehead atoms. The van der Waals surface area contributed by atoms with E-state index in [1.807, 2.05) is 20.8 Å². The fraction of sp³-hybridized carbons (Fsp3) is 0.500. The van der Waals surface area contributed by atoms with Gasteiger partial charge < -0.3 is 4.74 Å². The van der Waals surface area contributed by atoms with E-state index in [9.17, 15) is 0 Å². The summed E-state index contributed by atoms with van der Waals surface area (Å²) in [5, 5.41) is 1.09. The number of methoxy groups -OCH3 is 1. The Morgan fingerprint density at radius 1 is 1.29 bits per heavy atom. The van der Waals surface area contributed by atoms with E-state index in [0.717, 1.165) is 29.1 Å². The smallest absolute Gasteiger partial charge is 0.146 e. The third-order valence-corrected chi connectivity index (χ3v) is 3.30. The number of aromatic nitrogens is 1. The fourth-order valence-electron chi connectivity index (χ4n) is 1.75. The fourth-order valence-corrected chi connectivity index (χ4v) is 2.66. The molecule has 0 radical (unpaired) electrons. The van der Waals surface area contributed by atoms with Crippen molar-refractivity contribution in [2.24, 2.45) is 0 Å². The van der Waals surface area contributed by atoms with E-state index in [0.29, 0.717) is 0 Å². The molecule has 1 aromatic carbocycles. The summed E-state index contributed by atoms with van der Waals surface area (Å²) < 4.78 is 6.60. The van der Waals surface area contributed by atoms with Gasteiger partial charge in [0, 0.05) is 0 Å². The minimum Gasteiger partial charge on any atom is -0.494 e. The number of benzene rings is 1. The molecule has 0 aliphatic rings. The highest BCUT2D eigenvalue weighted by atomic mass is 32.1. The second-order valence-electron chi connectivity index (χ2n) is 3.63. The van der Waals surface area contributed by atoms with Crippen LogP contribution in [0.4, 0.5) is 0 Å². The average Bonchev–Trinajstić information content (AvgIpc) is 2.71. The molecule has 0 fully saturated rings. The summed E-state index contributed by atoms with van der Waals surface area (Å²) in [4.78, 5) is 4.48. The lowest BCUT2D eigenvalue weighted by atomic mass is 10.1. The molecule has 0 unspecified atom stereocenters. The van der Waals surface area contributed by atoms with Gasteiger partial charge >= 0.3 is 0 Å². The van der Waals surface area contributed by atoms with Crippen LogP contribution in [0.3, 0.4) is 0 Å². The Hall–Kier alpha value is -1.09. The standard InChI is InChI=1S/C12H15NOS.C2H6/c1-4-5-9-6-10(14-3)12-11(7-9)15-8(2)13-12;1-2/h6-7H,4-5H2,1-3H3;1-2H3. The highest BCUT2D eigenvalue weighted by Gasteiger charge is 2.08. The third-order valence-electron chi connectivity index (χ3n) is 2.39. The van der Waals surface area contributed by atoms with Crippen molar-refractivity contribution in [3.8, 4) is 5.75 Å². The topological polar surface area (TPSA) is 22.1 Å². The predicted octanol–water partition coefficient (Wildman–Crippen LogP) is 4.59. The van der Waals surface area contributed by atoms with Gasteiger partial charge in [-0.1, -0.05) is 27.2 Å². The molecule has 1 aromatic heterocycles. The molecule has 0 N–H and O–H groups in total. The number of nitrogens with zero attached hydrogens (tertiary/aromatic N) is 1. The van der Waals surface area contributed by atoms with E-state index in [-0.39, 0.29) is 0 Å². The van der Waals surface area contributed by atoms with Crippen LogP contribution in [0.15, 0.2) is 12.1 Å². The van der Waals surface area contributed by atoms with Gasteiger partial charge in [-0.05, 0) is 31.0 Å². The lowest BCUT2D eigenvalue weighted by molar-refractivity contribution is 0.418. The Morgan fingerprint density at radius 2 is 2.00 bits per heavy atom. The zero-order valence-corrected chi connectivity index (χ0v) is 12.1. The molecule has 17 heavy (non-hydrogen) atoms. The van der Waals surface area contributed by atoms with Gasteiger partial charge in [0.2, 0.25) is 0 Å². The Labute approximate surface area is 108 Å². The SMILES string of the molecule is CC.CCCc1cc(OC)c2nc(C)sc2c1. The first-order valence-electron chi connectivity index (χ1n) is 6.18. The van der Waals surface area contributed by atoms with Crippen LogP contribution in [0.2, 0.25) is 0 Å². The molecule has 0 aliphatic heterocycles. The highest BCUT2D eigenvalue weighted by Crippen LogP contribution is 2.31. The maximum absolute atomic E-state index is 5.37. The van der Waals surface area contributed by atoms with E-state index in [2.05, 4.69) is 24.0 Å². The van der Waals surface area contributed by atoms with E-state index in [4.69, 9.17) is 4.74 Å². The molecular formula is C14H21NOS. The van der Waals surface area contributed by atoms with E-state index >= 15 is 0 Å². The maximum Gasteiger partial charge on any atom is 0.146 e. The normalized spacial score (nSPS) is 9.94. The van der Waals surface area contributed by atoms with Crippen molar-refractivity contribution in [3.63, 3.8) is 0 Å². The summed E-state index contributed by atoms with van der Waals surface area (Å²) in [5.41, 5.74) is 2.34. The zero-order chi connectivity index (χ0) is 12.8. The monoisotopic (exact) mass is 251 g/mol. The van der Waals surface area contributed by atoms with Gasteiger partial charge in [-0.3, -0.25) is 0 Å². The summed E-state index contributed by atoms with van der Waals surface area (Å²) in [6.07, 6.45) is 2.26. The molecule has 2 nitrogen and oxygen atoms in total. The van der Waals surface area contributed by atoms with Gasteiger partial charge in [0.05, 0.1) is 16.8 Å². The van der Waals surface area contributed by atoms with Gasteiger partial charge in [-0.2, -0.15) is 0 Å². The number of hydrogen-bond acceptors (Lipinski definition) is 3. The van der Waals surface area contributed by atoms with Crippen molar-refractivity contribution in [2.75, 3.05) is 7.11 Å². The first kappa shape index (κ1) is 14.0. The molecule has 2 rings (SSSR count). The largest absolute Gasteiger partial charge is 0.494 e. The second kappa shape index (κ2) is 6.60. The molecule has 0 saturated heterocycles. The van der Waals surface area contributed by atoms with E-state index in [1.165, 1.54) is 10.3 Å². The molecule has 0 atom stereocenters. The minimum absolute atomic E-state index is 0.903. The average molecular weight is 251 g/mol. The van der Waals surface area contributed by atoms with Crippen LogP contribution < -0.4 is 4.74 Å². The van der Waals surface area contributed by atoms with Crippen LogP contribution in [0, 0.1) is 6.92 Å². The first-order valence-corrected chi connectivity index (χ1v) is 7.00. The van der Waals surface area contributed by atoms with Crippen LogP contribution in [-0.2, 0) is 6.42 Å². The lowest BCUT2D eigenvalue weighted by Gasteiger charge is -2.04. The van der Waals surface area contributed by atoms with Crippen LogP contribution in [-0.4, -0.2) is 12.1 Å². The van der Waals surface area contributed by atoms with Crippen LogP contribution in [0.25, 0.3) is 10.2 Å². The quantitative estimate of drug-likeness (QED) is 0.796. The second-order valence-corrected chi connectivity index (χ2v) is 4.86. The Morgan fingerprint density at radius 3 is 2.59 bits per heavy atom. The van der Waals surface area contributed by atoms with Crippen molar-refractivity contribution in [1.29, 1.82) is 0 Å². The van der Waals surface area contributed by atoms with Gasteiger partial charge in [0.25, 0.3) is 0 Å². The Balaban J connectivity index is 0.000000686. The third kappa shape index (κ3) is 3.19. The van der Waals surface area contributed by atoms with Crippen molar-refractivity contribution in [2.45, 2.75) is 40.5 Å². The molecule has 0 aliphatic carbocycles. The van der Waals surface area contributed by atoms with Crippen molar-refractivity contribution in [3.05, 3.63) is 22.7 Å². The van der Waals surface area contributed by atoms with Crippen molar-refractivity contribution < 1.29 is 4.74 Å². The summed E-state index contributed by atoms with van der Waals surface area (Å²) >= 11 is 1.73. The molecule has 3 heteroatoms. The summed E-state index contributed by atoms with van der Waals surface area (Å²) in [7, 11) is 1.71. The molecule has 1 heterocycles. The Kier molecular flexibility index (Phi) is 5.42. The minimum atomic E-state index is 0.903. The van der Waals surface area contributed by atoms with Gasteiger partial charge in [-0.15, -0.1) is 11.3 Å². The maximum atomic E-state index is 5.37. The Bertz CT molecular complexity index is 476. The number of hydrogen-bond donors (Lipinski definition) is 0. The van der Waals surface area contributed by atoms with Crippen LogP contribution in [0.5, 0.6) is 5.75 Å². The van der Waals surface area contributed by atoms with Gasteiger partial charge in [-0.25, -0.2) is 4.98 Å². The van der Waals surface area contributed by atoms with Gasteiger partial charge in [0.15, 0.2) is 0 Å². The van der Waals surface area contributed by atoms with Crippen molar-refractivity contribution in [1.82, 2.24) is 4.98 Å². The summed E-state index contributed by atoms with van der Waals surface area (Å²) in [6.45, 7) is 8.22. The number of thiazole rings is 1. The molecule has 0 saturated carbocycles. The predicted molar refractivity (Wildman–Crippen MR) is 76.3 cm³/mol. The summed E-state index contributed by atoms with van der Waals surface area (Å²) in [5.74, 6) is 0.903. The van der Waals surface area contributed by atoms with Gasteiger partial charge in [0.1, 0.15) is 11.3 Å². The molecule has 94 valence electrons. The van der Waals surface area contributed by atoms with E-state index in [1.54, 1.807) is 18.4 Å². The zero-order valence-electron chi connectivity index (χ0n) is 11.3. The first-order chi connectivity index (χ1) is 8.24. The molecular weight excluding hydrogens is 230 g/mol. The van der Waals surface area contributed by atoms with Crippen LogP contribution in [0.1, 0.15) is 37.8 Å². The molecule has 2 aromatic rings. The highest BCUT2D eigenvalue weighted by molar-refractivity contribution is 7.18. The van der Waals surface area contributed by atoms with Crippen molar-refractivity contribution >= 4 is 21.6 Å². The number of ether oxygens (including phenoxy) is 1. The van der Waals surface area contributed by atoms with Crippen LogP contribution >= 0.6 is 11.3 Å². The number of rotatable bonds is 3. The molecule has 0 amide bonds. The number of fused-ring (bicyclic) bond motifs is 1. The lowest BCUT2D eigenvalue weighted by Crippen LogP contribution is -1.88.